The molecule has 0 unspecified atom stereocenters. The van der Waals surface area contributed by atoms with Gasteiger partial charge in [-0.2, -0.15) is 0 Å². The number of methoxy groups -OCH3 is 1. The Morgan fingerprint density at radius 1 is 1.47 bits per heavy atom. The van der Waals surface area contributed by atoms with Gasteiger partial charge in [0.25, 0.3) is 0 Å². The van der Waals surface area contributed by atoms with Crippen LogP contribution in [0.15, 0.2) is 18.2 Å². The molecule has 2 rings (SSSR count). The van der Waals surface area contributed by atoms with Crippen LogP contribution in [0.2, 0.25) is 5.02 Å². The Balaban J connectivity index is 1.95. The molecule has 19 heavy (non-hydrogen) atoms. The summed E-state index contributed by atoms with van der Waals surface area (Å²) < 4.78 is 10.5. The molecule has 1 aliphatic heterocycles. The van der Waals surface area contributed by atoms with Gasteiger partial charge in [0.05, 0.1) is 12.8 Å². The Labute approximate surface area is 118 Å². The Bertz CT molecular complexity index is 444. The summed E-state index contributed by atoms with van der Waals surface area (Å²) in [4.78, 5) is 12.0. The highest BCUT2D eigenvalue weighted by atomic mass is 35.5. The smallest absolute Gasteiger partial charge is 0.224 e. The van der Waals surface area contributed by atoms with Crippen LogP contribution in [0, 0.1) is 5.92 Å². The van der Waals surface area contributed by atoms with Gasteiger partial charge >= 0.3 is 0 Å². The van der Waals surface area contributed by atoms with E-state index in [1.165, 1.54) is 0 Å². The number of hydrogen-bond donors (Lipinski definition) is 1. The molecule has 5 heteroatoms. The van der Waals surface area contributed by atoms with Gasteiger partial charge < -0.3 is 14.8 Å². The lowest BCUT2D eigenvalue weighted by molar-refractivity contribution is -0.117. The molecule has 0 radical (unpaired) electrons. The first kappa shape index (κ1) is 14.2. The van der Waals surface area contributed by atoms with E-state index in [-0.39, 0.29) is 5.91 Å². The first-order chi connectivity index (χ1) is 9.19. The van der Waals surface area contributed by atoms with Crippen LogP contribution in [0.4, 0.5) is 5.69 Å². The summed E-state index contributed by atoms with van der Waals surface area (Å²) >= 11 is 5.93. The predicted octanol–water partition coefficient (Wildman–Crippen LogP) is 3.10. The molecular formula is C14H18ClNO3. The van der Waals surface area contributed by atoms with E-state index in [2.05, 4.69) is 5.32 Å². The Kier molecular flexibility index (Phi) is 5.05. The number of ether oxygens (including phenoxy) is 2. The topological polar surface area (TPSA) is 47.6 Å². The number of carbonyl (C=O) groups is 1. The van der Waals surface area contributed by atoms with Crippen LogP contribution in [-0.2, 0) is 9.53 Å². The molecule has 1 N–H and O–H groups in total. The van der Waals surface area contributed by atoms with Gasteiger partial charge in [-0.25, -0.2) is 0 Å². The molecule has 0 spiro atoms. The number of benzene rings is 1. The average molecular weight is 284 g/mol. The van der Waals surface area contributed by atoms with Gasteiger partial charge in [-0.3, -0.25) is 4.79 Å². The highest BCUT2D eigenvalue weighted by molar-refractivity contribution is 6.31. The monoisotopic (exact) mass is 283 g/mol. The predicted molar refractivity (Wildman–Crippen MR) is 74.8 cm³/mol. The van der Waals surface area contributed by atoms with E-state index >= 15 is 0 Å². The molecule has 0 saturated carbocycles. The van der Waals surface area contributed by atoms with E-state index in [0.717, 1.165) is 26.1 Å². The second-order valence-electron chi connectivity index (χ2n) is 4.65. The van der Waals surface area contributed by atoms with Gasteiger partial charge in [0.1, 0.15) is 5.75 Å². The zero-order valence-corrected chi connectivity index (χ0v) is 11.7. The molecular weight excluding hydrogens is 266 g/mol. The summed E-state index contributed by atoms with van der Waals surface area (Å²) in [5.74, 6) is 1.01. The Morgan fingerprint density at radius 3 is 2.89 bits per heavy atom. The van der Waals surface area contributed by atoms with Crippen LogP contribution >= 0.6 is 11.6 Å². The zero-order chi connectivity index (χ0) is 13.7. The average Bonchev–Trinajstić information content (AvgIpc) is 2.40. The normalized spacial score (nSPS) is 16.1. The number of hydrogen-bond acceptors (Lipinski definition) is 3. The van der Waals surface area contributed by atoms with Crippen LogP contribution in [0.25, 0.3) is 0 Å². The highest BCUT2D eigenvalue weighted by Crippen LogP contribution is 2.28. The number of halogens is 1. The molecule has 4 nitrogen and oxygen atoms in total. The van der Waals surface area contributed by atoms with Crippen LogP contribution in [0.3, 0.4) is 0 Å². The van der Waals surface area contributed by atoms with E-state index in [4.69, 9.17) is 21.1 Å². The molecule has 1 amide bonds. The van der Waals surface area contributed by atoms with Gasteiger partial charge in [-0.05, 0) is 37.0 Å². The lowest BCUT2D eigenvalue weighted by Gasteiger charge is -2.21. The molecule has 1 saturated heterocycles. The summed E-state index contributed by atoms with van der Waals surface area (Å²) in [5.41, 5.74) is 0.618. The highest BCUT2D eigenvalue weighted by Gasteiger charge is 2.18. The number of amides is 1. The van der Waals surface area contributed by atoms with Gasteiger partial charge in [-0.1, -0.05) is 11.6 Å². The van der Waals surface area contributed by atoms with Crippen LogP contribution in [0.1, 0.15) is 19.3 Å². The van der Waals surface area contributed by atoms with Crippen molar-refractivity contribution in [1.29, 1.82) is 0 Å². The molecule has 1 aliphatic rings. The van der Waals surface area contributed by atoms with Crippen LogP contribution in [0.5, 0.6) is 5.75 Å². The van der Waals surface area contributed by atoms with Crippen molar-refractivity contribution < 1.29 is 14.3 Å². The maximum atomic E-state index is 12.0. The summed E-state index contributed by atoms with van der Waals surface area (Å²) in [6, 6.07) is 5.17. The number of carbonyl (C=O) groups excluding carboxylic acids is 1. The third-order valence-corrected chi connectivity index (χ3v) is 3.49. The van der Waals surface area contributed by atoms with Gasteiger partial charge in [0, 0.05) is 24.7 Å². The fourth-order valence-corrected chi connectivity index (χ4v) is 2.36. The molecule has 0 aliphatic carbocycles. The molecule has 0 bridgehead atoms. The summed E-state index contributed by atoms with van der Waals surface area (Å²) in [6.07, 6.45) is 2.40. The number of nitrogens with one attached hydrogen (secondary N) is 1. The van der Waals surface area contributed by atoms with E-state index in [0.29, 0.717) is 28.8 Å². The van der Waals surface area contributed by atoms with E-state index < -0.39 is 0 Å². The lowest BCUT2D eigenvalue weighted by Crippen LogP contribution is -2.22. The summed E-state index contributed by atoms with van der Waals surface area (Å²) in [6.45, 7) is 1.50. The zero-order valence-electron chi connectivity index (χ0n) is 10.9. The van der Waals surface area contributed by atoms with Crippen molar-refractivity contribution >= 4 is 23.2 Å². The summed E-state index contributed by atoms with van der Waals surface area (Å²) in [7, 11) is 1.57. The maximum absolute atomic E-state index is 12.0. The van der Waals surface area contributed by atoms with E-state index in [9.17, 15) is 4.79 Å². The summed E-state index contributed by atoms with van der Waals surface area (Å²) in [5, 5.41) is 3.43. The Hall–Kier alpha value is -1.26. The molecule has 0 atom stereocenters. The van der Waals surface area contributed by atoms with Gasteiger partial charge in [-0.15, -0.1) is 0 Å². The van der Waals surface area contributed by atoms with Gasteiger partial charge in [0.2, 0.25) is 5.91 Å². The fraction of sp³-hybridized carbons (Fsp3) is 0.500. The molecule has 1 heterocycles. The van der Waals surface area contributed by atoms with Crippen molar-refractivity contribution in [3.8, 4) is 5.75 Å². The van der Waals surface area contributed by atoms with Gasteiger partial charge in [0.15, 0.2) is 0 Å². The molecule has 104 valence electrons. The molecule has 0 aromatic heterocycles. The third-order valence-electron chi connectivity index (χ3n) is 3.25. The van der Waals surface area contributed by atoms with Crippen molar-refractivity contribution in [3.05, 3.63) is 23.2 Å². The van der Waals surface area contributed by atoms with Crippen molar-refractivity contribution in [2.45, 2.75) is 19.3 Å². The lowest BCUT2D eigenvalue weighted by atomic mass is 9.96. The minimum absolute atomic E-state index is 0.00698. The molecule has 1 fully saturated rings. The van der Waals surface area contributed by atoms with Crippen molar-refractivity contribution in [2.24, 2.45) is 5.92 Å². The second kappa shape index (κ2) is 6.78. The second-order valence-corrected chi connectivity index (χ2v) is 5.09. The molecule has 1 aromatic carbocycles. The van der Waals surface area contributed by atoms with Crippen molar-refractivity contribution in [2.75, 3.05) is 25.6 Å². The first-order valence-electron chi connectivity index (χ1n) is 6.40. The number of anilines is 1. The SMILES string of the molecule is COc1ccc(Cl)cc1NC(=O)CC1CCOCC1. The minimum atomic E-state index is -0.00698. The Morgan fingerprint density at radius 2 is 2.21 bits per heavy atom. The first-order valence-corrected chi connectivity index (χ1v) is 6.78. The fourth-order valence-electron chi connectivity index (χ4n) is 2.19. The third kappa shape index (κ3) is 4.11. The minimum Gasteiger partial charge on any atom is -0.495 e. The van der Waals surface area contributed by atoms with E-state index in [1.807, 2.05) is 0 Å². The largest absolute Gasteiger partial charge is 0.495 e. The van der Waals surface area contributed by atoms with Crippen molar-refractivity contribution in [1.82, 2.24) is 0 Å². The van der Waals surface area contributed by atoms with Crippen molar-refractivity contribution in [3.63, 3.8) is 0 Å². The van der Waals surface area contributed by atoms with E-state index in [1.54, 1.807) is 25.3 Å². The maximum Gasteiger partial charge on any atom is 0.224 e. The number of rotatable bonds is 4. The van der Waals surface area contributed by atoms with Crippen LogP contribution < -0.4 is 10.1 Å². The molecule has 1 aromatic rings. The van der Waals surface area contributed by atoms with Crippen LogP contribution in [-0.4, -0.2) is 26.2 Å². The quantitative estimate of drug-likeness (QED) is 0.924. The standard InChI is InChI=1S/C14H18ClNO3/c1-18-13-3-2-11(15)9-12(13)16-14(17)8-10-4-6-19-7-5-10/h2-3,9-10H,4-8H2,1H3,(H,16,17).